The summed E-state index contributed by atoms with van der Waals surface area (Å²) in [4.78, 5) is 142. The Kier molecular flexibility index (Phi) is 22.6. The first kappa shape index (κ1) is 61.4. The molecule has 2 heterocycles. The molecule has 1 aliphatic rings. The SMILES string of the molecule is CCCN1C(=O)CC(SCC(CC(=O)C(N)CCC(=O)CCC(NC(=O)CCC(CC(=O)CCc2cccc(-c3c(C)n(Cc4c(F)cccc4F)c(=O)n(C[C@H](N)c4ccccc4)c3=O)c2)C(=O)O)C(=O)O)C(=O)O)C1=O. The second-order valence-corrected chi connectivity index (χ2v) is 20.5. The molecule has 78 heavy (non-hydrogen) atoms. The number of nitrogens with one attached hydrogen (secondary N) is 1. The average molecular weight is 1100 g/mol. The Balaban J connectivity index is 1.13. The number of aliphatic carboxylic acids is 3. The number of benzene rings is 3. The first-order chi connectivity index (χ1) is 37.0. The first-order valence-corrected chi connectivity index (χ1v) is 26.5. The maximum Gasteiger partial charge on any atom is 0.331 e. The summed E-state index contributed by atoms with van der Waals surface area (Å²) < 4.78 is 31.9. The number of carbonyl (C=O) groups excluding carboxylic acids is 6. The van der Waals surface area contributed by atoms with Crippen LogP contribution in [0.25, 0.3) is 11.1 Å². The van der Waals surface area contributed by atoms with Crippen LogP contribution in [0.5, 0.6) is 0 Å². The zero-order valence-corrected chi connectivity index (χ0v) is 44.0. The zero-order chi connectivity index (χ0) is 57.4. The number of rotatable bonds is 32. The second kappa shape index (κ2) is 28.8. The van der Waals surface area contributed by atoms with Crippen LogP contribution in [0.15, 0.2) is 82.4 Å². The molecule has 418 valence electrons. The van der Waals surface area contributed by atoms with Crippen LogP contribution in [0.3, 0.4) is 0 Å². The topological polar surface area (TPSA) is 326 Å². The Morgan fingerprint density at radius 2 is 1.41 bits per heavy atom. The van der Waals surface area contributed by atoms with Gasteiger partial charge in [0.1, 0.15) is 35.0 Å². The number of aromatic nitrogens is 2. The summed E-state index contributed by atoms with van der Waals surface area (Å²) in [6.45, 7) is 2.70. The van der Waals surface area contributed by atoms with Crippen LogP contribution in [-0.2, 0) is 62.7 Å². The maximum absolute atomic E-state index is 14.9. The molecule has 4 aromatic rings. The number of hydrogen-bond acceptors (Lipinski definition) is 14. The molecule has 0 radical (unpaired) electrons. The van der Waals surface area contributed by atoms with E-state index in [1.54, 1.807) is 61.5 Å². The van der Waals surface area contributed by atoms with Crippen molar-refractivity contribution in [2.45, 2.75) is 127 Å². The minimum Gasteiger partial charge on any atom is -0.481 e. The highest BCUT2D eigenvalue weighted by Crippen LogP contribution is 2.29. The Hall–Kier alpha value is -7.50. The number of nitrogens with zero attached hydrogens (tertiary/aromatic N) is 3. The van der Waals surface area contributed by atoms with Gasteiger partial charge in [0.2, 0.25) is 17.7 Å². The number of halogens is 2. The van der Waals surface area contributed by atoms with Gasteiger partial charge in [-0.2, -0.15) is 0 Å². The number of hydrogen-bond donors (Lipinski definition) is 6. The molecule has 3 aromatic carbocycles. The summed E-state index contributed by atoms with van der Waals surface area (Å²) >= 11 is 0.974. The standard InChI is InChI=1S/C55H64F2N6O14S/c1-3-23-61-48(68)27-46(50(61)69)78-30-36(53(73)74)26-45(66)42(58)20-18-37(64)19-21-44(54(75)76)60-47(67)22-16-35(52(71)72)25-38(65)17-15-32-9-7-12-34(24-32)49-31(2)62(28-39-40(56)13-8-14-41(39)57)55(77)63(51(49)70)29-43(59)33-10-5-4-6-11-33/h4-14,24,35-36,42-44,46H,3,15-23,25-30,58-59H2,1-2H3,(H,60,67)(H,71,72)(H,73,74)(H,75,76)/t35?,36?,42?,43-,44?,46?/m0/s1. The molecule has 20 nitrogen and oxygen atoms in total. The van der Waals surface area contributed by atoms with Crippen molar-refractivity contribution in [3.8, 4) is 11.1 Å². The van der Waals surface area contributed by atoms with E-state index < -0.39 is 137 Å². The number of carbonyl (C=O) groups is 9. The lowest BCUT2D eigenvalue weighted by molar-refractivity contribution is -0.145. The highest BCUT2D eigenvalue weighted by Gasteiger charge is 2.39. The van der Waals surface area contributed by atoms with E-state index in [0.29, 0.717) is 23.1 Å². The lowest BCUT2D eigenvalue weighted by atomic mass is 9.93. The largest absolute Gasteiger partial charge is 0.481 e. The Bertz CT molecular complexity index is 3000. The fourth-order valence-corrected chi connectivity index (χ4v) is 10.3. The first-order valence-electron chi connectivity index (χ1n) is 25.4. The number of amides is 3. The summed E-state index contributed by atoms with van der Waals surface area (Å²) in [5.41, 5.74) is 12.1. The molecule has 3 amide bonds. The normalized spacial score (nSPS) is 15.3. The number of ketones is 3. The number of Topliss-reactive ketones (excluding diaryl/α,β-unsaturated/α-hetero) is 3. The minimum absolute atomic E-state index is 0.0337. The molecule has 0 saturated carbocycles. The smallest absolute Gasteiger partial charge is 0.331 e. The van der Waals surface area contributed by atoms with E-state index in [0.717, 1.165) is 37.9 Å². The minimum atomic E-state index is -1.56. The maximum atomic E-state index is 14.9. The van der Waals surface area contributed by atoms with Crippen molar-refractivity contribution in [3.05, 3.63) is 128 Å². The lowest BCUT2D eigenvalue weighted by Crippen LogP contribution is -2.44. The van der Waals surface area contributed by atoms with E-state index >= 15 is 0 Å². The Morgan fingerprint density at radius 3 is 2.05 bits per heavy atom. The third-order valence-corrected chi connectivity index (χ3v) is 14.9. The summed E-state index contributed by atoms with van der Waals surface area (Å²) in [7, 11) is 0. The number of thioether (sulfide) groups is 1. The van der Waals surface area contributed by atoms with Gasteiger partial charge < -0.3 is 32.1 Å². The van der Waals surface area contributed by atoms with Crippen LogP contribution in [0.4, 0.5) is 8.78 Å². The van der Waals surface area contributed by atoms with Crippen molar-refractivity contribution >= 4 is 64.7 Å². The van der Waals surface area contributed by atoms with E-state index in [9.17, 15) is 76.8 Å². The van der Waals surface area contributed by atoms with Gasteiger partial charge in [-0.25, -0.2) is 18.4 Å². The van der Waals surface area contributed by atoms with Crippen LogP contribution in [0.2, 0.25) is 0 Å². The quantitative estimate of drug-likeness (QED) is 0.0370. The van der Waals surface area contributed by atoms with Gasteiger partial charge >= 0.3 is 23.6 Å². The van der Waals surface area contributed by atoms with Gasteiger partial charge in [0.15, 0.2) is 0 Å². The molecule has 0 spiro atoms. The molecule has 5 rings (SSSR count). The molecule has 1 aromatic heterocycles. The van der Waals surface area contributed by atoms with Gasteiger partial charge in [0.25, 0.3) is 5.56 Å². The molecular formula is C55H64F2N6O14S. The highest BCUT2D eigenvalue weighted by atomic mass is 32.2. The van der Waals surface area contributed by atoms with Gasteiger partial charge in [-0.1, -0.05) is 67.6 Å². The predicted octanol–water partition coefficient (Wildman–Crippen LogP) is 4.34. The molecule has 23 heteroatoms. The second-order valence-electron chi connectivity index (χ2n) is 19.3. The van der Waals surface area contributed by atoms with E-state index in [-0.39, 0.29) is 87.4 Å². The monoisotopic (exact) mass is 1100 g/mol. The molecular weight excluding hydrogens is 1040 g/mol. The highest BCUT2D eigenvalue weighted by molar-refractivity contribution is 8.00. The van der Waals surface area contributed by atoms with Gasteiger partial charge in [-0.05, 0) is 67.9 Å². The third kappa shape index (κ3) is 16.8. The zero-order valence-electron chi connectivity index (χ0n) is 43.2. The van der Waals surface area contributed by atoms with Gasteiger partial charge in [-0.3, -0.25) is 57.2 Å². The Morgan fingerprint density at radius 1 is 0.756 bits per heavy atom. The van der Waals surface area contributed by atoms with Crippen molar-refractivity contribution < 1.29 is 67.3 Å². The number of carboxylic acid groups (broad SMARTS) is 3. The van der Waals surface area contributed by atoms with Gasteiger partial charge in [0.05, 0.1) is 41.8 Å². The lowest BCUT2D eigenvalue weighted by Gasteiger charge is -2.20. The summed E-state index contributed by atoms with van der Waals surface area (Å²) in [6, 6.07) is 14.8. The van der Waals surface area contributed by atoms with Crippen molar-refractivity contribution in [1.82, 2.24) is 19.4 Å². The number of likely N-dealkylation sites (tertiary alicyclic amines) is 1. The molecule has 1 aliphatic heterocycles. The van der Waals surface area contributed by atoms with Crippen LogP contribution in [0.1, 0.15) is 106 Å². The molecule has 5 unspecified atom stereocenters. The molecule has 0 aliphatic carbocycles. The third-order valence-electron chi connectivity index (χ3n) is 13.6. The molecule has 8 N–H and O–H groups in total. The van der Waals surface area contributed by atoms with Crippen LogP contribution >= 0.6 is 11.8 Å². The number of imide groups is 1. The fraction of sp³-hybridized carbons (Fsp3) is 0.436. The summed E-state index contributed by atoms with van der Waals surface area (Å²) in [5, 5.41) is 31.0. The van der Waals surface area contributed by atoms with E-state index in [2.05, 4.69) is 5.32 Å². The number of nitrogens with two attached hydrogens (primary N) is 2. The van der Waals surface area contributed by atoms with Crippen molar-refractivity contribution in [2.24, 2.45) is 23.3 Å². The van der Waals surface area contributed by atoms with Crippen LogP contribution < -0.4 is 28.0 Å². The number of carboxylic acids is 3. The number of aryl methyl sites for hydroxylation is 1. The van der Waals surface area contributed by atoms with Crippen molar-refractivity contribution in [3.63, 3.8) is 0 Å². The van der Waals surface area contributed by atoms with E-state index in [1.165, 1.54) is 13.0 Å². The fourth-order valence-electron chi connectivity index (χ4n) is 9.00. The molecule has 1 fully saturated rings. The summed E-state index contributed by atoms with van der Waals surface area (Å²) in [6.07, 6.45) is -2.56. The van der Waals surface area contributed by atoms with E-state index in [4.69, 9.17) is 11.5 Å². The average Bonchev–Trinajstić information content (AvgIpc) is 3.69. The molecule has 1 saturated heterocycles. The Labute approximate surface area is 451 Å². The van der Waals surface area contributed by atoms with Crippen molar-refractivity contribution in [2.75, 3.05) is 12.3 Å². The van der Waals surface area contributed by atoms with Gasteiger partial charge in [-0.15, -0.1) is 11.8 Å². The predicted molar refractivity (Wildman–Crippen MR) is 282 cm³/mol. The van der Waals surface area contributed by atoms with Gasteiger partial charge in [0, 0.05) is 74.5 Å². The van der Waals surface area contributed by atoms with E-state index in [1.807, 2.05) is 0 Å². The molecule has 0 bridgehead atoms. The van der Waals surface area contributed by atoms with Crippen LogP contribution in [-0.4, -0.2) is 112 Å². The van der Waals surface area contributed by atoms with Crippen LogP contribution in [0, 0.1) is 30.4 Å². The molecule has 6 atom stereocenters. The van der Waals surface area contributed by atoms with Crippen molar-refractivity contribution in [1.29, 1.82) is 0 Å². The summed E-state index contributed by atoms with van der Waals surface area (Å²) in [5.74, 6) is -11.9.